The lowest BCUT2D eigenvalue weighted by Gasteiger charge is -2.07. The highest BCUT2D eigenvalue weighted by molar-refractivity contribution is 9.10. The number of anilines is 1. The first-order valence-electron chi connectivity index (χ1n) is 6.36. The summed E-state index contributed by atoms with van der Waals surface area (Å²) in [5.74, 6) is -1.06. The van der Waals surface area contributed by atoms with Crippen molar-refractivity contribution in [3.63, 3.8) is 0 Å². The maximum Gasteiger partial charge on any atom is 0.359 e. The van der Waals surface area contributed by atoms with E-state index in [1.54, 1.807) is 19.2 Å². The van der Waals surface area contributed by atoms with Crippen molar-refractivity contribution in [2.45, 2.75) is 20.0 Å². The molecule has 0 atom stereocenters. The normalized spacial score (nSPS) is 10.7. The van der Waals surface area contributed by atoms with E-state index in [-0.39, 0.29) is 12.3 Å². The summed E-state index contributed by atoms with van der Waals surface area (Å²) < 4.78 is 20.8. The summed E-state index contributed by atoms with van der Waals surface area (Å²) in [6.07, 6.45) is 0.619. The van der Waals surface area contributed by atoms with Gasteiger partial charge in [-0.25, -0.2) is 9.18 Å². The van der Waals surface area contributed by atoms with Crippen molar-refractivity contribution in [3.8, 4) is 0 Å². The van der Waals surface area contributed by atoms with Crippen molar-refractivity contribution in [2.75, 3.05) is 5.73 Å². The topological polar surface area (TPSA) is 70.1 Å². The monoisotopic (exact) mass is 355 g/mol. The van der Waals surface area contributed by atoms with Gasteiger partial charge in [0.15, 0.2) is 5.69 Å². The van der Waals surface area contributed by atoms with Gasteiger partial charge in [-0.05, 0) is 18.6 Å². The first kappa shape index (κ1) is 15.5. The molecule has 7 heteroatoms. The number of carbonyl (C=O) groups is 1. The van der Waals surface area contributed by atoms with Crippen LogP contribution in [0.15, 0.2) is 22.7 Å². The van der Waals surface area contributed by atoms with E-state index in [0.717, 1.165) is 0 Å². The molecule has 21 heavy (non-hydrogen) atoms. The molecule has 0 bridgehead atoms. The Kier molecular flexibility index (Phi) is 4.62. The van der Waals surface area contributed by atoms with Crippen LogP contribution in [0.5, 0.6) is 0 Å². The lowest BCUT2D eigenvalue weighted by atomic mass is 10.2. The van der Waals surface area contributed by atoms with E-state index in [1.165, 1.54) is 10.7 Å². The minimum absolute atomic E-state index is 0.163. The third-order valence-corrected chi connectivity index (χ3v) is 3.56. The third-order valence-electron chi connectivity index (χ3n) is 3.06. The van der Waals surface area contributed by atoms with Gasteiger partial charge in [-0.3, -0.25) is 4.68 Å². The first-order chi connectivity index (χ1) is 9.93. The molecule has 1 aromatic carbocycles. The number of rotatable bonds is 4. The van der Waals surface area contributed by atoms with Gasteiger partial charge in [-0.2, -0.15) is 5.10 Å². The number of aryl methyl sites for hydroxylation is 2. The molecule has 0 unspecified atom stereocenters. The second-order valence-electron chi connectivity index (χ2n) is 4.50. The van der Waals surface area contributed by atoms with Crippen LogP contribution in [0.2, 0.25) is 0 Å². The lowest BCUT2D eigenvalue weighted by Crippen LogP contribution is -2.13. The van der Waals surface area contributed by atoms with Crippen molar-refractivity contribution in [1.82, 2.24) is 9.78 Å². The van der Waals surface area contributed by atoms with Crippen molar-refractivity contribution < 1.29 is 13.9 Å². The van der Waals surface area contributed by atoms with Gasteiger partial charge in [0.05, 0.1) is 11.4 Å². The molecular weight excluding hydrogens is 341 g/mol. The molecule has 112 valence electrons. The van der Waals surface area contributed by atoms with E-state index in [0.29, 0.717) is 27.8 Å². The van der Waals surface area contributed by atoms with Crippen LogP contribution in [-0.2, 0) is 24.8 Å². The summed E-state index contributed by atoms with van der Waals surface area (Å²) in [5.41, 5.74) is 7.29. The fourth-order valence-corrected chi connectivity index (χ4v) is 2.28. The molecule has 0 spiro atoms. The molecule has 2 aromatic rings. The highest BCUT2D eigenvalue weighted by Crippen LogP contribution is 2.20. The summed E-state index contributed by atoms with van der Waals surface area (Å²) in [7, 11) is 1.62. The van der Waals surface area contributed by atoms with Gasteiger partial charge in [-0.1, -0.05) is 28.9 Å². The largest absolute Gasteiger partial charge is 0.456 e. The smallest absolute Gasteiger partial charge is 0.359 e. The standard InChI is InChI=1S/C14H15BrFN3O2/c1-3-11-12(17)13(19(2)18-11)14(20)21-7-8-4-5-9(15)6-10(8)16/h4-6H,3,7,17H2,1-2H3. The number of ether oxygens (including phenoxy) is 1. The number of aromatic nitrogens is 2. The van der Waals surface area contributed by atoms with Crippen molar-refractivity contribution in [1.29, 1.82) is 0 Å². The van der Waals surface area contributed by atoms with Crippen LogP contribution in [0.4, 0.5) is 10.1 Å². The molecule has 5 nitrogen and oxygen atoms in total. The minimum atomic E-state index is -0.621. The average molecular weight is 356 g/mol. The van der Waals surface area contributed by atoms with Crippen LogP contribution in [0.3, 0.4) is 0 Å². The van der Waals surface area contributed by atoms with Gasteiger partial charge >= 0.3 is 5.97 Å². The molecule has 0 aliphatic rings. The number of carbonyl (C=O) groups excluding carboxylic acids is 1. The zero-order valence-corrected chi connectivity index (χ0v) is 13.3. The molecule has 0 fully saturated rings. The number of hydrogen-bond donors (Lipinski definition) is 1. The maximum atomic E-state index is 13.7. The molecule has 0 radical (unpaired) electrons. The molecule has 0 aliphatic heterocycles. The second kappa shape index (κ2) is 6.26. The molecular formula is C14H15BrFN3O2. The van der Waals surface area contributed by atoms with Crippen LogP contribution in [0.1, 0.15) is 28.7 Å². The van der Waals surface area contributed by atoms with E-state index in [4.69, 9.17) is 10.5 Å². The highest BCUT2D eigenvalue weighted by Gasteiger charge is 2.20. The van der Waals surface area contributed by atoms with Crippen molar-refractivity contribution in [3.05, 3.63) is 45.4 Å². The first-order valence-corrected chi connectivity index (χ1v) is 7.15. The molecule has 1 heterocycles. The molecule has 0 saturated carbocycles. The van der Waals surface area contributed by atoms with E-state index in [2.05, 4.69) is 21.0 Å². The summed E-state index contributed by atoms with van der Waals surface area (Å²) in [6.45, 7) is 1.73. The van der Waals surface area contributed by atoms with Crippen LogP contribution < -0.4 is 5.73 Å². The summed E-state index contributed by atoms with van der Waals surface area (Å²) in [4.78, 5) is 12.1. The van der Waals surface area contributed by atoms with E-state index in [9.17, 15) is 9.18 Å². The second-order valence-corrected chi connectivity index (χ2v) is 5.41. The number of nitrogen functional groups attached to an aromatic ring is 1. The van der Waals surface area contributed by atoms with E-state index in [1.807, 2.05) is 6.92 Å². The van der Waals surface area contributed by atoms with Gasteiger partial charge in [0.1, 0.15) is 12.4 Å². The van der Waals surface area contributed by atoms with Crippen LogP contribution in [0.25, 0.3) is 0 Å². The number of hydrogen-bond acceptors (Lipinski definition) is 4. The zero-order chi connectivity index (χ0) is 15.6. The number of nitrogens with zero attached hydrogens (tertiary/aromatic N) is 2. The summed E-state index contributed by atoms with van der Waals surface area (Å²) in [6, 6.07) is 4.55. The quantitative estimate of drug-likeness (QED) is 0.856. The molecule has 2 N–H and O–H groups in total. The highest BCUT2D eigenvalue weighted by atomic mass is 79.9. The van der Waals surface area contributed by atoms with Gasteiger partial charge < -0.3 is 10.5 Å². The Labute approximate surface area is 130 Å². The third kappa shape index (κ3) is 3.24. The molecule has 0 amide bonds. The van der Waals surface area contributed by atoms with Crippen molar-refractivity contribution >= 4 is 27.6 Å². The van der Waals surface area contributed by atoms with Crippen molar-refractivity contribution in [2.24, 2.45) is 7.05 Å². The predicted octanol–water partition coefficient (Wildman–Crippen LogP) is 2.82. The van der Waals surface area contributed by atoms with Crippen LogP contribution in [0, 0.1) is 5.82 Å². The number of halogens is 2. The molecule has 2 rings (SSSR count). The summed E-state index contributed by atoms with van der Waals surface area (Å²) >= 11 is 3.17. The van der Waals surface area contributed by atoms with Crippen LogP contribution >= 0.6 is 15.9 Å². The Morgan fingerprint density at radius 3 is 2.81 bits per heavy atom. The lowest BCUT2D eigenvalue weighted by molar-refractivity contribution is 0.0457. The Balaban J connectivity index is 2.14. The number of esters is 1. The Hall–Kier alpha value is -1.89. The minimum Gasteiger partial charge on any atom is -0.456 e. The predicted molar refractivity (Wildman–Crippen MR) is 80.2 cm³/mol. The van der Waals surface area contributed by atoms with Gasteiger partial charge in [0.2, 0.25) is 0 Å². The Morgan fingerprint density at radius 2 is 2.24 bits per heavy atom. The average Bonchev–Trinajstić information content (AvgIpc) is 2.72. The fraction of sp³-hybridized carbons (Fsp3) is 0.286. The zero-order valence-electron chi connectivity index (χ0n) is 11.7. The molecule has 0 saturated heterocycles. The Morgan fingerprint density at radius 1 is 1.52 bits per heavy atom. The number of benzene rings is 1. The van der Waals surface area contributed by atoms with Crippen LogP contribution in [-0.4, -0.2) is 15.7 Å². The maximum absolute atomic E-state index is 13.7. The number of nitrogens with two attached hydrogens (primary N) is 1. The van der Waals surface area contributed by atoms with Gasteiger partial charge in [0.25, 0.3) is 0 Å². The van der Waals surface area contributed by atoms with E-state index < -0.39 is 11.8 Å². The molecule has 1 aromatic heterocycles. The summed E-state index contributed by atoms with van der Waals surface area (Å²) in [5, 5.41) is 4.14. The van der Waals surface area contributed by atoms with Gasteiger partial charge in [0, 0.05) is 17.1 Å². The van der Waals surface area contributed by atoms with E-state index >= 15 is 0 Å². The Bertz CT molecular complexity index is 685. The SMILES string of the molecule is CCc1nn(C)c(C(=O)OCc2ccc(Br)cc2F)c1N. The molecule has 0 aliphatic carbocycles. The fourth-order valence-electron chi connectivity index (χ4n) is 1.95. The van der Waals surface area contributed by atoms with Gasteiger partial charge in [-0.15, -0.1) is 0 Å².